The van der Waals surface area contributed by atoms with Crippen molar-refractivity contribution < 1.29 is 13.5 Å². The molecule has 0 heterocycles. The first-order valence-electron chi connectivity index (χ1n) is 11.7. The molecule has 1 aromatic carbocycles. The molecule has 3 rings (SSSR count). The maximum atomic E-state index is 14.3. The van der Waals surface area contributed by atoms with Gasteiger partial charge in [0.15, 0.2) is 0 Å². The molecule has 29 heavy (non-hydrogen) atoms. The van der Waals surface area contributed by atoms with Crippen LogP contribution in [-0.4, -0.2) is 6.11 Å². The number of halogens is 2. The van der Waals surface area contributed by atoms with Crippen molar-refractivity contribution in [2.75, 3.05) is 0 Å². The predicted molar refractivity (Wildman–Crippen MR) is 116 cm³/mol. The lowest BCUT2D eigenvalue weighted by Gasteiger charge is -2.29. The van der Waals surface area contributed by atoms with Crippen LogP contribution in [0.1, 0.15) is 94.6 Å². The van der Waals surface area contributed by atoms with Gasteiger partial charge in [-0.3, -0.25) is 0 Å². The molecule has 0 spiro atoms. The Labute approximate surface area is 175 Å². The molecular formula is C26H38F2O. The molecule has 2 aliphatic rings. The molecule has 2 aliphatic carbocycles. The maximum absolute atomic E-state index is 14.3. The molecule has 0 unspecified atom stereocenters. The summed E-state index contributed by atoms with van der Waals surface area (Å²) >= 11 is 0. The Bertz CT molecular complexity index is 608. The minimum absolute atomic E-state index is 0.0154. The Morgan fingerprint density at radius 3 is 2.17 bits per heavy atom. The average molecular weight is 405 g/mol. The van der Waals surface area contributed by atoms with Crippen LogP contribution in [0.3, 0.4) is 0 Å². The summed E-state index contributed by atoms with van der Waals surface area (Å²) in [6.45, 7) is 6.07. The van der Waals surface area contributed by atoms with Crippen LogP contribution in [0.5, 0.6) is 0 Å². The van der Waals surface area contributed by atoms with Crippen LogP contribution in [0, 0.1) is 17.8 Å². The summed E-state index contributed by atoms with van der Waals surface area (Å²) in [6.07, 6.45) is 10.2. The van der Waals surface area contributed by atoms with E-state index in [-0.39, 0.29) is 18.9 Å². The Kier molecular flexibility index (Phi) is 8.29. The van der Waals surface area contributed by atoms with E-state index >= 15 is 0 Å². The molecular weight excluding hydrogens is 366 g/mol. The molecule has 2 fully saturated rings. The lowest BCUT2D eigenvalue weighted by atomic mass is 9.77. The maximum Gasteiger partial charge on any atom is 0.356 e. The van der Waals surface area contributed by atoms with E-state index in [9.17, 15) is 8.78 Å². The molecule has 0 aromatic heterocycles. The van der Waals surface area contributed by atoms with Crippen LogP contribution in [-0.2, 0) is 11.3 Å². The molecule has 162 valence electrons. The highest BCUT2D eigenvalue weighted by atomic mass is 19.3. The molecule has 0 amide bonds. The van der Waals surface area contributed by atoms with Crippen molar-refractivity contribution in [2.45, 2.75) is 96.2 Å². The van der Waals surface area contributed by atoms with Crippen LogP contribution < -0.4 is 0 Å². The fraction of sp³-hybridized carbons (Fsp3) is 0.692. The first-order valence-corrected chi connectivity index (χ1v) is 11.7. The molecule has 1 nitrogen and oxygen atoms in total. The first kappa shape index (κ1) is 22.5. The minimum atomic E-state index is -3.04. The zero-order valence-electron chi connectivity index (χ0n) is 18.1. The highest BCUT2D eigenvalue weighted by molar-refractivity contribution is 5.25. The van der Waals surface area contributed by atoms with Gasteiger partial charge in [0, 0.05) is 6.42 Å². The smallest absolute Gasteiger partial charge is 0.316 e. The fourth-order valence-electron chi connectivity index (χ4n) is 5.29. The molecule has 0 saturated heterocycles. The number of rotatable bonds is 9. The van der Waals surface area contributed by atoms with Crippen molar-refractivity contribution >= 4 is 0 Å². The van der Waals surface area contributed by atoms with E-state index in [0.717, 1.165) is 37.2 Å². The third-order valence-electron chi connectivity index (χ3n) is 7.20. The van der Waals surface area contributed by atoms with Crippen LogP contribution >= 0.6 is 0 Å². The van der Waals surface area contributed by atoms with Crippen molar-refractivity contribution in [2.24, 2.45) is 17.8 Å². The third kappa shape index (κ3) is 6.91. The number of alkyl halides is 2. The zero-order valence-corrected chi connectivity index (χ0v) is 18.1. The number of allylic oxidation sites excluding steroid dienone is 1. The Morgan fingerprint density at radius 2 is 1.59 bits per heavy atom. The first-order chi connectivity index (χ1) is 14.0. The fourth-order valence-corrected chi connectivity index (χ4v) is 5.29. The van der Waals surface area contributed by atoms with E-state index < -0.39 is 6.11 Å². The quantitative estimate of drug-likeness (QED) is 0.376. The monoisotopic (exact) mass is 404 g/mol. The largest absolute Gasteiger partial charge is 0.356 e. The number of benzene rings is 1. The van der Waals surface area contributed by atoms with Crippen molar-refractivity contribution in [3.05, 3.63) is 48.0 Å². The molecule has 0 aliphatic heterocycles. The van der Waals surface area contributed by atoms with Crippen molar-refractivity contribution in [1.82, 2.24) is 0 Å². The molecule has 0 atom stereocenters. The standard InChI is InChI=1S/C26H38F2O/c1-3-5-21-10-14-24(15-11-21)25-16-12-23(13-17-25)19-29-26(27,28)18-22-8-6-20(4-2)7-9-22/h4,12-13,16-17,20-22,24H,2-3,5-11,14-15,18-19H2,1H3. The summed E-state index contributed by atoms with van der Waals surface area (Å²) in [6, 6.07) is 8.19. The van der Waals surface area contributed by atoms with E-state index in [1.165, 1.54) is 44.1 Å². The van der Waals surface area contributed by atoms with Gasteiger partial charge in [-0.05, 0) is 86.2 Å². The van der Waals surface area contributed by atoms with E-state index in [1.54, 1.807) is 0 Å². The van der Waals surface area contributed by atoms with E-state index in [4.69, 9.17) is 4.74 Å². The van der Waals surface area contributed by atoms with Gasteiger partial charge in [-0.25, -0.2) is 0 Å². The molecule has 2 saturated carbocycles. The summed E-state index contributed by atoms with van der Waals surface area (Å²) in [5.74, 6) is 2.09. The molecule has 0 bridgehead atoms. The van der Waals surface area contributed by atoms with Gasteiger partial charge < -0.3 is 4.74 Å². The van der Waals surface area contributed by atoms with Gasteiger partial charge in [0.2, 0.25) is 0 Å². The third-order valence-corrected chi connectivity index (χ3v) is 7.20. The number of hydrogen-bond acceptors (Lipinski definition) is 1. The predicted octanol–water partition coefficient (Wildman–Crippen LogP) is 8.25. The lowest BCUT2D eigenvalue weighted by molar-refractivity contribution is -0.256. The highest BCUT2D eigenvalue weighted by Crippen LogP contribution is 2.38. The summed E-state index contributed by atoms with van der Waals surface area (Å²) < 4.78 is 33.6. The van der Waals surface area contributed by atoms with Crippen LogP contribution in [0.15, 0.2) is 36.9 Å². The van der Waals surface area contributed by atoms with Gasteiger partial charge in [0.05, 0.1) is 6.61 Å². The second kappa shape index (κ2) is 10.7. The van der Waals surface area contributed by atoms with Gasteiger partial charge >= 0.3 is 6.11 Å². The van der Waals surface area contributed by atoms with Crippen LogP contribution in [0.4, 0.5) is 8.78 Å². The Balaban J connectivity index is 1.43. The van der Waals surface area contributed by atoms with Gasteiger partial charge in [0.25, 0.3) is 0 Å². The molecule has 1 aromatic rings. The van der Waals surface area contributed by atoms with Gasteiger partial charge in [-0.15, -0.1) is 6.58 Å². The van der Waals surface area contributed by atoms with Crippen molar-refractivity contribution in [3.63, 3.8) is 0 Å². The molecule has 3 heteroatoms. The topological polar surface area (TPSA) is 9.23 Å². The van der Waals surface area contributed by atoms with E-state index in [1.807, 2.05) is 18.2 Å². The van der Waals surface area contributed by atoms with Crippen molar-refractivity contribution in [3.8, 4) is 0 Å². The second-order valence-corrected chi connectivity index (χ2v) is 9.39. The highest BCUT2D eigenvalue weighted by Gasteiger charge is 2.35. The van der Waals surface area contributed by atoms with Crippen molar-refractivity contribution in [1.29, 1.82) is 0 Å². The number of ether oxygens (including phenoxy) is 1. The SMILES string of the molecule is C=CC1CCC(CC(F)(F)OCc2ccc(C3CCC(CCC)CC3)cc2)CC1. The van der Waals surface area contributed by atoms with E-state index in [2.05, 4.69) is 25.6 Å². The molecule has 0 radical (unpaired) electrons. The summed E-state index contributed by atoms with van der Waals surface area (Å²) in [5.41, 5.74) is 2.19. The summed E-state index contributed by atoms with van der Waals surface area (Å²) in [7, 11) is 0. The Morgan fingerprint density at radius 1 is 0.966 bits per heavy atom. The van der Waals surface area contributed by atoms with Crippen LogP contribution in [0.25, 0.3) is 0 Å². The summed E-state index contributed by atoms with van der Waals surface area (Å²) in [4.78, 5) is 0. The van der Waals surface area contributed by atoms with Gasteiger partial charge in [-0.2, -0.15) is 8.78 Å². The van der Waals surface area contributed by atoms with Gasteiger partial charge in [0.1, 0.15) is 0 Å². The lowest BCUT2D eigenvalue weighted by Crippen LogP contribution is -2.26. The van der Waals surface area contributed by atoms with Gasteiger partial charge in [-0.1, -0.05) is 50.1 Å². The van der Waals surface area contributed by atoms with E-state index in [0.29, 0.717) is 11.8 Å². The minimum Gasteiger partial charge on any atom is -0.316 e. The average Bonchev–Trinajstić information content (AvgIpc) is 2.74. The zero-order chi connectivity index (χ0) is 20.7. The number of hydrogen-bond donors (Lipinski definition) is 0. The Hall–Kier alpha value is -1.22. The second-order valence-electron chi connectivity index (χ2n) is 9.39. The summed E-state index contributed by atoms with van der Waals surface area (Å²) in [5, 5.41) is 0. The molecule has 0 N–H and O–H groups in total. The van der Waals surface area contributed by atoms with Crippen LogP contribution in [0.2, 0.25) is 0 Å². The normalized spacial score (nSPS) is 28.2.